The van der Waals surface area contributed by atoms with Gasteiger partial charge in [0.15, 0.2) is 0 Å². The number of piperazine rings is 1. The number of hydrogen-bond donors (Lipinski definition) is 2. The minimum Gasteiger partial charge on any atom is -0.497 e. The molecule has 4 rings (SSSR count). The van der Waals surface area contributed by atoms with Crippen molar-refractivity contribution in [3.63, 3.8) is 0 Å². The van der Waals surface area contributed by atoms with Gasteiger partial charge in [-0.1, -0.05) is 36.9 Å². The minimum absolute atomic E-state index is 0.0137. The van der Waals surface area contributed by atoms with Gasteiger partial charge in [0.2, 0.25) is 11.8 Å². The molecule has 0 radical (unpaired) electrons. The normalized spacial score (nSPS) is 18.1. The largest absolute Gasteiger partial charge is 0.497 e. The van der Waals surface area contributed by atoms with Crippen molar-refractivity contribution in [3.05, 3.63) is 78.1 Å². The first-order valence-corrected chi connectivity index (χ1v) is 14.3. The van der Waals surface area contributed by atoms with Gasteiger partial charge in [-0.25, -0.2) is 19.2 Å². The zero-order chi connectivity index (χ0) is 32.1. The van der Waals surface area contributed by atoms with E-state index in [1.807, 2.05) is 31.3 Å². The fourth-order valence-corrected chi connectivity index (χ4v) is 5.12. The minimum atomic E-state index is -0.694. The number of rotatable bonds is 12. The number of hydrogen-bond acceptors (Lipinski definition) is 8. The van der Waals surface area contributed by atoms with Gasteiger partial charge in [-0.3, -0.25) is 14.4 Å². The van der Waals surface area contributed by atoms with Crippen molar-refractivity contribution in [1.29, 1.82) is 0 Å². The predicted molar refractivity (Wildman–Crippen MR) is 161 cm³/mol. The highest BCUT2D eigenvalue weighted by Crippen LogP contribution is 2.29. The molecule has 4 amide bonds. The van der Waals surface area contributed by atoms with E-state index in [1.165, 1.54) is 23.2 Å². The third-order valence-electron chi connectivity index (χ3n) is 7.22. The van der Waals surface area contributed by atoms with Crippen molar-refractivity contribution in [1.82, 2.24) is 30.5 Å². The number of fused-ring (bicyclic) bond motifs is 1. The van der Waals surface area contributed by atoms with E-state index in [0.717, 1.165) is 16.9 Å². The first-order valence-electron chi connectivity index (χ1n) is 14.3. The van der Waals surface area contributed by atoms with Crippen LogP contribution in [0.2, 0.25) is 0 Å². The van der Waals surface area contributed by atoms with Gasteiger partial charge in [0, 0.05) is 20.1 Å². The number of nitrogens with zero attached hydrogens (tertiary/aromatic N) is 4. The maximum Gasteiger partial charge on any atom is 0.334 e. The number of likely N-dealkylation sites (N-methyl/N-ethyl adjacent to an activating group) is 1. The summed E-state index contributed by atoms with van der Waals surface area (Å²) in [5, 5.41) is 9.15. The lowest BCUT2D eigenvalue weighted by Gasteiger charge is -2.54. The zero-order valence-electron chi connectivity index (χ0n) is 25.4. The van der Waals surface area contributed by atoms with Gasteiger partial charge in [0.05, 0.1) is 20.2 Å². The SMILES string of the molecule is C=CCOC=O.CNCCC[C@H]1C(=O)N(Cc2ccc(F)cc2)CC2N1C(=O)CN(C)N2C(=O)NCc1ccc(OC)cc1. The number of halogens is 1. The predicted octanol–water partition coefficient (Wildman–Crippen LogP) is 2.12. The van der Waals surface area contributed by atoms with E-state index in [2.05, 4.69) is 21.9 Å². The Bertz CT molecular complexity index is 1250. The van der Waals surface area contributed by atoms with Crippen LogP contribution in [0.4, 0.5) is 9.18 Å². The van der Waals surface area contributed by atoms with E-state index in [-0.39, 0.29) is 49.8 Å². The molecule has 2 N–H and O–H groups in total. The van der Waals surface area contributed by atoms with Gasteiger partial charge in [-0.05, 0) is 61.8 Å². The number of hydrazine groups is 1. The molecule has 2 aromatic carbocycles. The maximum atomic E-state index is 13.6. The van der Waals surface area contributed by atoms with Crippen LogP contribution in [0.3, 0.4) is 0 Å². The Morgan fingerprint density at radius 2 is 1.80 bits per heavy atom. The molecule has 0 aromatic heterocycles. The van der Waals surface area contributed by atoms with Gasteiger partial charge in [-0.15, -0.1) is 0 Å². The summed E-state index contributed by atoms with van der Waals surface area (Å²) in [5.74, 6) is 0.00981. The molecule has 1 unspecified atom stereocenters. The highest BCUT2D eigenvalue weighted by atomic mass is 19.1. The fraction of sp³-hybridized carbons (Fsp3) is 0.419. The number of amides is 4. The quantitative estimate of drug-likeness (QED) is 0.212. The van der Waals surface area contributed by atoms with Gasteiger partial charge in [0.1, 0.15) is 30.4 Å². The van der Waals surface area contributed by atoms with Gasteiger partial charge >= 0.3 is 6.03 Å². The van der Waals surface area contributed by atoms with Crippen molar-refractivity contribution in [2.45, 2.75) is 38.1 Å². The highest BCUT2D eigenvalue weighted by molar-refractivity contribution is 5.91. The molecule has 0 aliphatic carbocycles. The number of benzene rings is 2. The average molecular weight is 613 g/mol. The Kier molecular flexibility index (Phi) is 13.1. The molecule has 2 heterocycles. The summed E-state index contributed by atoms with van der Waals surface area (Å²) in [6.07, 6.45) is 1.99. The first kappa shape index (κ1) is 34.0. The molecule has 13 heteroatoms. The lowest BCUT2D eigenvalue weighted by atomic mass is 10.0. The summed E-state index contributed by atoms with van der Waals surface area (Å²) in [6, 6.07) is 12.3. The molecule has 2 aliphatic heterocycles. The van der Waals surface area contributed by atoms with E-state index in [1.54, 1.807) is 41.1 Å². The molecule has 2 aromatic rings. The first-order chi connectivity index (χ1) is 21.2. The topological polar surface area (TPSA) is 124 Å². The molecule has 0 saturated carbocycles. The Morgan fingerprint density at radius 3 is 2.39 bits per heavy atom. The Morgan fingerprint density at radius 1 is 1.11 bits per heavy atom. The Hall–Kier alpha value is -4.49. The molecular formula is C31H41FN6O6. The van der Waals surface area contributed by atoms with E-state index in [4.69, 9.17) is 4.74 Å². The van der Waals surface area contributed by atoms with Crippen LogP contribution >= 0.6 is 0 Å². The molecule has 0 spiro atoms. The van der Waals surface area contributed by atoms with Crippen LogP contribution in [-0.4, -0.2) is 104 Å². The van der Waals surface area contributed by atoms with E-state index in [0.29, 0.717) is 32.5 Å². The maximum absolute atomic E-state index is 13.6. The number of carbonyl (C=O) groups excluding carboxylic acids is 4. The molecule has 2 aliphatic rings. The van der Waals surface area contributed by atoms with E-state index in [9.17, 15) is 23.6 Å². The van der Waals surface area contributed by atoms with Crippen LogP contribution in [0.1, 0.15) is 24.0 Å². The Balaban J connectivity index is 0.000000801. The zero-order valence-corrected chi connectivity index (χ0v) is 25.4. The van der Waals surface area contributed by atoms with Crippen LogP contribution in [-0.2, 0) is 32.2 Å². The van der Waals surface area contributed by atoms with Crippen molar-refractivity contribution >= 4 is 24.3 Å². The molecule has 2 saturated heterocycles. The van der Waals surface area contributed by atoms with Crippen LogP contribution in [0.15, 0.2) is 61.2 Å². The summed E-state index contributed by atoms with van der Waals surface area (Å²) >= 11 is 0. The molecule has 0 bridgehead atoms. The lowest BCUT2D eigenvalue weighted by Crippen LogP contribution is -2.75. The number of urea groups is 1. The summed E-state index contributed by atoms with van der Waals surface area (Å²) in [6.45, 7) is 5.38. The van der Waals surface area contributed by atoms with Crippen molar-refractivity contribution in [3.8, 4) is 5.75 Å². The highest BCUT2D eigenvalue weighted by Gasteiger charge is 2.50. The molecule has 12 nitrogen and oxygen atoms in total. The van der Waals surface area contributed by atoms with Gasteiger partial charge < -0.3 is 29.9 Å². The monoisotopic (exact) mass is 612 g/mol. The van der Waals surface area contributed by atoms with Crippen molar-refractivity contribution in [2.75, 3.05) is 47.4 Å². The smallest absolute Gasteiger partial charge is 0.334 e. The molecule has 238 valence electrons. The van der Waals surface area contributed by atoms with E-state index < -0.39 is 12.2 Å². The summed E-state index contributed by atoms with van der Waals surface area (Å²) < 4.78 is 22.8. The van der Waals surface area contributed by atoms with Crippen molar-refractivity contribution < 1.29 is 33.0 Å². The van der Waals surface area contributed by atoms with Crippen LogP contribution < -0.4 is 15.4 Å². The molecule has 2 atom stereocenters. The fourth-order valence-electron chi connectivity index (χ4n) is 5.12. The second kappa shape index (κ2) is 17.0. The number of carbonyl (C=O) groups is 4. The molecule has 44 heavy (non-hydrogen) atoms. The second-order valence-electron chi connectivity index (χ2n) is 10.3. The second-order valence-corrected chi connectivity index (χ2v) is 10.3. The molecule has 2 fully saturated rings. The Labute approximate surface area is 257 Å². The number of nitrogens with one attached hydrogen (secondary N) is 2. The molecular weight excluding hydrogens is 571 g/mol. The van der Waals surface area contributed by atoms with Gasteiger partial charge in [0.25, 0.3) is 6.47 Å². The lowest BCUT2D eigenvalue weighted by molar-refractivity contribution is -0.188. The third-order valence-corrected chi connectivity index (χ3v) is 7.22. The summed E-state index contributed by atoms with van der Waals surface area (Å²) in [5.41, 5.74) is 1.67. The summed E-state index contributed by atoms with van der Waals surface area (Å²) in [4.78, 5) is 52.8. The standard InChI is InChI=1S/C27H35FN6O4.C4H6O2/c1-29-14-4-5-23-26(36)32(16-20-6-10-21(28)11-7-20)17-24-33(23)25(35)18-31(2)34(24)27(37)30-15-19-8-12-22(38-3)13-9-19;1-2-3-6-4-5/h6-13,23-24,29H,4-5,14-18H2,1-3H3,(H,30,37);2,4H,1,3H2/t23-,24?;/m0./s1. The van der Waals surface area contributed by atoms with Crippen LogP contribution in [0.5, 0.6) is 5.75 Å². The third kappa shape index (κ3) is 9.01. The van der Waals surface area contributed by atoms with Crippen LogP contribution in [0.25, 0.3) is 0 Å². The van der Waals surface area contributed by atoms with E-state index >= 15 is 0 Å². The van der Waals surface area contributed by atoms with Crippen molar-refractivity contribution in [2.24, 2.45) is 0 Å². The van der Waals surface area contributed by atoms with Gasteiger partial charge in [-0.2, -0.15) is 0 Å². The van der Waals surface area contributed by atoms with Crippen LogP contribution in [0, 0.1) is 5.82 Å². The average Bonchev–Trinajstić information content (AvgIpc) is 3.02. The number of ether oxygens (including phenoxy) is 2. The summed E-state index contributed by atoms with van der Waals surface area (Å²) in [7, 11) is 5.12. The number of methoxy groups -OCH3 is 1.